The largest absolute Gasteiger partial charge is 0.494 e. The van der Waals surface area contributed by atoms with Crippen molar-refractivity contribution in [1.29, 1.82) is 0 Å². The van der Waals surface area contributed by atoms with Crippen LogP contribution in [0.1, 0.15) is 53.0 Å². The molecule has 0 aliphatic heterocycles. The molecule has 2 amide bonds. The van der Waals surface area contributed by atoms with Crippen LogP contribution in [-0.2, 0) is 6.54 Å². The van der Waals surface area contributed by atoms with Crippen molar-refractivity contribution in [3.63, 3.8) is 0 Å². The summed E-state index contributed by atoms with van der Waals surface area (Å²) >= 11 is 0. The monoisotopic (exact) mass is 359 g/mol. The van der Waals surface area contributed by atoms with Crippen LogP contribution in [-0.4, -0.2) is 17.6 Å². The normalized spacial score (nSPS) is 8.96. The lowest BCUT2D eigenvalue weighted by atomic mass is 10.3. The van der Waals surface area contributed by atoms with Gasteiger partial charge in [-0.15, -0.1) is 0 Å². The zero-order chi connectivity index (χ0) is 19.6. The molecule has 5 heteroatoms. The van der Waals surface area contributed by atoms with Gasteiger partial charge >= 0.3 is 6.03 Å². The molecule has 0 aliphatic carbocycles. The number of ether oxygens (including phenoxy) is 1. The zero-order valence-electron chi connectivity index (χ0n) is 16.7. The summed E-state index contributed by atoms with van der Waals surface area (Å²) in [5.74, 6) is 0.815. The lowest BCUT2D eigenvalue weighted by Crippen LogP contribution is -2.28. The van der Waals surface area contributed by atoms with Crippen LogP contribution in [0.2, 0.25) is 0 Å². The fourth-order valence-corrected chi connectivity index (χ4v) is 1.83. The van der Waals surface area contributed by atoms with E-state index in [1.165, 1.54) is 0 Å². The Labute approximate surface area is 158 Å². The molecular weight excluding hydrogens is 326 g/mol. The molecule has 2 N–H and O–H groups in total. The van der Waals surface area contributed by atoms with Gasteiger partial charge < -0.3 is 15.4 Å². The highest BCUT2D eigenvalue weighted by atomic mass is 16.5. The van der Waals surface area contributed by atoms with E-state index in [1.54, 1.807) is 12.4 Å². The molecule has 0 fully saturated rings. The number of aromatic nitrogens is 1. The van der Waals surface area contributed by atoms with Crippen molar-refractivity contribution in [2.24, 2.45) is 0 Å². The van der Waals surface area contributed by atoms with Gasteiger partial charge in [0.05, 0.1) is 6.61 Å². The minimum absolute atomic E-state index is 0.247. The zero-order valence-corrected chi connectivity index (χ0v) is 16.7. The van der Waals surface area contributed by atoms with Crippen LogP contribution in [0.15, 0.2) is 48.8 Å². The quantitative estimate of drug-likeness (QED) is 0.629. The number of anilines is 1. The summed E-state index contributed by atoms with van der Waals surface area (Å²) in [5, 5.41) is 5.56. The van der Waals surface area contributed by atoms with Crippen LogP contribution >= 0.6 is 0 Å². The molecule has 2 aromatic rings. The van der Waals surface area contributed by atoms with Crippen LogP contribution in [0.4, 0.5) is 10.5 Å². The minimum atomic E-state index is -0.247. The molecule has 0 radical (unpaired) electrons. The Bertz CT molecular complexity index is 572. The Morgan fingerprint density at radius 1 is 1.08 bits per heavy atom. The van der Waals surface area contributed by atoms with Gasteiger partial charge in [0.2, 0.25) is 0 Å². The Balaban J connectivity index is 0.00000146. The third-order valence-electron chi connectivity index (χ3n) is 3.05. The smallest absolute Gasteiger partial charge is 0.319 e. The Kier molecular flexibility index (Phi) is 14.4. The van der Waals surface area contributed by atoms with Crippen molar-refractivity contribution in [1.82, 2.24) is 10.3 Å². The molecule has 1 aromatic carbocycles. The first-order valence-corrected chi connectivity index (χ1v) is 9.44. The summed E-state index contributed by atoms with van der Waals surface area (Å²) in [4.78, 5) is 15.8. The number of nitrogens with zero attached hydrogens (tertiary/aromatic N) is 1. The van der Waals surface area contributed by atoms with Crippen molar-refractivity contribution < 1.29 is 9.53 Å². The second-order valence-corrected chi connectivity index (χ2v) is 4.90. The Hall–Kier alpha value is -2.56. The summed E-state index contributed by atoms with van der Waals surface area (Å²) in [6, 6.07) is 10.9. The number of carbonyl (C=O) groups excluding carboxylic acids is 1. The van der Waals surface area contributed by atoms with Crippen molar-refractivity contribution in [3.8, 4) is 5.75 Å². The van der Waals surface area contributed by atoms with Crippen LogP contribution < -0.4 is 15.4 Å². The fraction of sp³-hybridized carbons (Fsp3) is 0.429. The molecular formula is C21H33N3O2. The van der Waals surface area contributed by atoms with E-state index in [1.807, 2.05) is 64.1 Å². The fourth-order valence-electron chi connectivity index (χ4n) is 1.83. The van der Waals surface area contributed by atoms with E-state index < -0.39 is 0 Å². The van der Waals surface area contributed by atoms with Crippen LogP contribution in [0.3, 0.4) is 0 Å². The Morgan fingerprint density at radius 3 is 2.35 bits per heavy atom. The molecule has 1 heterocycles. The first kappa shape index (κ1) is 23.4. The summed E-state index contributed by atoms with van der Waals surface area (Å²) in [5.41, 5.74) is 1.68. The maximum absolute atomic E-state index is 11.8. The summed E-state index contributed by atoms with van der Waals surface area (Å²) < 4.78 is 5.58. The number of hydrogen-bond donors (Lipinski definition) is 2. The van der Waals surface area contributed by atoms with E-state index in [9.17, 15) is 4.79 Å². The van der Waals surface area contributed by atoms with Gasteiger partial charge in [0.25, 0.3) is 0 Å². The van der Waals surface area contributed by atoms with E-state index in [0.717, 1.165) is 36.4 Å². The molecule has 0 unspecified atom stereocenters. The molecule has 0 saturated carbocycles. The number of carbonyl (C=O) groups is 1. The topological polar surface area (TPSA) is 63.2 Å². The van der Waals surface area contributed by atoms with Crippen molar-refractivity contribution in [3.05, 3.63) is 54.4 Å². The number of pyridine rings is 1. The van der Waals surface area contributed by atoms with Gasteiger partial charge in [-0.25, -0.2) is 4.79 Å². The number of amides is 2. The molecule has 144 valence electrons. The molecule has 0 aliphatic rings. The van der Waals surface area contributed by atoms with E-state index in [0.29, 0.717) is 6.54 Å². The van der Waals surface area contributed by atoms with Gasteiger partial charge in [-0.05, 0) is 42.3 Å². The van der Waals surface area contributed by atoms with Gasteiger partial charge in [-0.2, -0.15) is 0 Å². The second kappa shape index (κ2) is 15.9. The maximum atomic E-state index is 11.8. The van der Waals surface area contributed by atoms with Gasteiger partial charge in [0.1, 0.15) is 5.75 Å². The third-order valence-corrected chi connectivity index (χ3v) is 3.05. The summed E-state index contributed by atoms with van der Waals surface area (Å²) in [6.45, 7) is 11.3. The first-order chi connectivity index (χ1) is 12.8. The van der Waals surface area contributed by atoms with Gasteiger partial charge in [0.15, 0.2) is 0 Å². The lowest BCUT2D eigenvalue weighted by molar-refractivity contribution is 0.251. The molecule has 0 atom stereocenters. The number of nitrogens with one attached hydrogen (secondary N) is 2. The molecule has 0 spiro atoms. The molecule has 26 heavy (non-hydrogen) atoms. The average molecular weight is 360 g/mol. The van der Waals surface area contributed by atoms with Gasteiger partial charge in [0, 0.05) is 24.6 Å². The molecule has 0 bridgehead atoms. The highest BCUT2D eigenvalue weighted by Gasteiger charge is 2.02. The SMILES string of the molecule is CC.CC.CCCCOc1ccc(NC(=O)NCc2cccnc2)cc1. The molecule has 0 saturated heterocycles. The number of urea groups is 1. The average Bonchev–Trinajstić information content (AvgIpc) is 2.72. The van der Waals surface area contributed by atoms with Crippen molar-refractivity contribution in [2.45, 2.75) is 54.0 Å². The van der Waals surface area contributed by atoms with Gasteiger partial charge in [-0.3, -0.25) is 4.98 Å². The first-order valence-electron chi connectivity index (χ1n) is 9.44. The number of hydrogen-bond acceptors (Lipinski definition) is 3. The highest BCUT2D eigenvalue weighted by molar-refractivity contribution is 5.89. The summed E-state index contributed by atoms with van der Waals surface area (Å²) in [7, 11) is 0. The second-order valence-electron chi connectivity index (χ2n) is 4.90. The van der Waals surface area contributed by atoms with Crippen molar-refractivity contribution in [2.75, 3.05) is 11.9 Å². The highest BCUT2D eigenvalue weighted by Crippen LogP contribution is 2.16. The van der Waals surface area contributed by atoms with E-state index >= 15 is 0 Å². The van der Waals surface area contributed by atoms with E-state index in [-0.39, 0.29) is 6.03 Å². The molecule has 5 nitrogen and oxygen atoms in total. The van der Waals surface area contributed by atoms with Gasteiger partial charge in [-0.1, -0.05) is 47.1 Å². The lowest BCUT2D eigenvalue weighted by Gasteiger charge is -2.09. The van der Waals surface area contributed by atoms with E-state index in [2.05, 4.69) is 22.5 Å². The Morgan fingerprint density at radius 2 is 1.77 bits per heavy atom. The third kappa shape index (κ3) is 10.3. The van der Waals surface area contributed by atoms with E-state index in [4.69, 9.17) is 4.74 Å². The number of benzene rings is 1. The minimum Gasteiger partial charge on any atom is -0.494 e. The standard InChI is InChI=1S/C17H21N3O2.2C2H6/c1-2-3-11-22-16-8-6-15(7-9-16)20-17(21)19-13-14-5-4-10-18-12-14;2*1-2/h4-10,12H,2-3,11,13H2,1H3,(H2,19,20,21);2*1-2H3. The maximum Gasteiger partial charge on any atom is 0.319 e. The summed E-state index contributed by atoms with van der Waals surface area (Å²) in [6.07, 6.45) is 5.57. The van der Waals surface area contributed by atoms with Crippen LogP contribution in [0.25, 0.3) is 0 Å². The molecule has 2 rings (SSSR count). The predicted octanol–water partition coefficient (Wildman–Crippen LogP) is 5.63. The number of unbranched alkanes of at least 4 members (excludes halogenated alkanes) is 1. The van der Waals surface area contributed by atoms with Crippen molar-refractivity contribution >= 4 is 11.7 Å². The van der Waals surface area contributed by atoms with Crippen LogP contribution in [0.5, 0.6) is 5.75 Å². The molecule has 1 aromatic heterocycles. The van der Waals surface area contributed by atoms with Crippen LogP contribution in [0, 0.1) is 0 Å². The number of rotatable bonds is 7. The predicted molar refractivity (Wildman–Crippen MR) is 110 cm³/mol.